The van der Waals surface area contributed by atoms with Gasteiger partial charge in [0.1, 0.15) is 0 Å². The summed E-state index contributed by atoms with van der Waals surface area (Å²) < 4.78 is 10.7. The first-order chi connectivity index (χ1) is 13.4. The number of hydrogen-bond acceptors (Lipinski definition) is 6. The average molecular weight is 435 g/mol. The van der Waals surface area contributed by atoms with Gasteiger partial charge in [-0.3, -0.25) is 15.0 Å². The molecular weight excluding hydrogens is 420 g/mol. The maximum Gasteiger partial charge on any atom is 0.285 e. The fourth-order valence-electron chi connectivity index (χ4n) is 2.47. The van der Waals surface area contributed by atoms with Gasteiger partial charge in [-0.1, -0.05) is 41.6 Å². The molecule has 1 fully saturated rings. The second-order valence-corrected chi connectivity index (χ2v) is 7.64. The molecule has 9 heteroatoms. The monoisotopic (exact) mass is 434 g/mol. The van der Waals surface area contributed by atoms with Crippen LogP contribution in [-0.4, -0.2) is 35.4 Å². The Morgan fingerprint density at radius 1 is 1.18 bits per heavy atom. The molecule has 0 radical (unpaired) electrons. The van der Waals surface area contributed by atoms with Gasteiger partial charge in [-0.05, 0) is 48.1 Å². The SMILES string of the molecule is COc1ccc(/C=C2\SC(=S)N(NC(=O)c3ccccc3Cl)C2=O)cc1OC. The van der Waals surface area contributed by atoms with Gasteiger partial charge in [0.25, 0.3) is 11.8 Å². The van der Waals surface area contributed by atoms with Crippen molar-refractivity contribution >= 4 is 57.8 Å². The normalized spacial score (nSPS) is 15.1. The standard InChI is InChI=1S/C19H15ClN2O4S2/c1-25-14-8-7-11(9-15(14)26-2)10-16-18(24)22(19(27)28-16)21-17(23)12-5-3-4-6-13(12)20/h3-10H,1-2H3,(H,21,23)/b16-10-. The van der Waals surface area contributed by atoms with E-state index in [2.05, 4.69) is 5.43 Å². The Labute approximate surface area is 176 Å². The second-order valence-electron chi connectivity index (χ2n) is 5.55. The van der Waals surface area contributed by atoms with E-state index in [1.165, 1.54) is 7.11 Å². The average Bonchev–Trinajstić information content (AvgIpc) is 2.95. The summed E-state index contributed by atoms with van der Waals surface area (Å²) in [6.45, 7) is 0. The highest BCUT2D eigenvalue weighted by molar-refractivity contribution is 8.26. The van der Waals surface area contributed by atoms with E-state index in [0.717, 1.165) is 22.3 Å². The molecule has 144 valence electrons. The summed E-state index contributed by atoms with van der Waals surface area (Å²) in [4.78, 5) is 25.5. The Bertz CT molecular complexity index is 994. The number of halogens is 1. The van der Waals surface area contributed by atoms with Crippen LogP contribution in [0.25, 0.3) is 6.08 Å². The van der Waals surface area contributed by atoms with Crippen molar-refractivity contribution in [1.82, 2.24) is 10.4 Å². The van der Waals surface area contributed by atoms with E-state index in [1.54, 1.807) is 55.7 Å². The molecule has 0 aliphatic carbocycles. The number of carbonyl (C=O) groups is 2. The molecule has 2 aromatic carbocycles. The summed E-state index contributed by atoms with van der Waals surface area (Å²) in [6, 6.07) is 11.8. The van der Waals surface area contributed by atoms with Crippen LogP contribution in [0.3, 0.4) is 0 Å². The zero-order valence-electron chi connectivity index (χ0n) is 14.9. The molecule has 2 aromatic rings. The zero-order chi connectivity index (χ0) is 20.3. The summed E-state index contributed by atoms with van der Waals surface area (Å²) in [5, 5.41) is 1.32. The van der Waals surface area contributed by atoms with Crippen LogP contribution in [-0.2, 0) is 4.79 Å². The van der Waals surface area contributed by atoms with Crippen LogP contribution >= 0.6 is 35.6 Å². The number of hydrogen-bond donors (Lipinski definition) is 1. The summed E-state index contributed by atoms with van der Waals surface area (Å²) in [7, 11) is 3.08. The maximum absolute atomic E-state index is 12.7. The van der Waals surface area contributed by atoms with Crippen LogP contribution in [0.1, 0.15) is 15.9 Å². The third kappa shape index (κ3) is 4.14. The number of ether oxygens (including phenoxy) is 2. The molecule has 3 rings (SSSR count). The number of methoxy groups -OCH3 is 2. The molecule has 1 aliphatic heterocycles. The number of thioether (sulfide) groups is 1. The maximum atomic E-state index is 12.7. The molecule has 0 spiro atoms. The minimum absolute atomic E-state index is 0.220. The Hall–Kier alpha value is -2.55. The third-order valence-corrected chi connectivity index (χ3v) is 5.46. The van der Waals surface area contributed by atoms with Crippen molar-refractivity contribution in [3.05, 3.63) is 63.5 Å². The van der Waals surface area contributed by atoms with Gasteiger partial charge >= 0.3 is 0 Å². The van der Waals surface area contributed by atoms with Gasteiger partial charge in [-0.15, -0.1) is 0 Å². The predicted octanol–water partition coefficient (Wildman–Crippen LogP) is 3.90. The number of thiocarbonyl (C=S) groups is 1. The summed E-state index contributed by atoms with van der Waals surface area (Å²) in [5.41, 5.74) is 3.49. The largest absolute Gasteiger partial charge is 0.493 e. The quantitative estimate of drug-likeness (QED) is 0.568. The minimum atomic E-state index is -0.519. The molecule has 0 bridgehead atoms. The number of rotatable bonds is 5. The predicted molar refractivity (Wildman–Crippen MR) is 113 cm³/mol. The van der Waals surface area contributed by atoms with Gasteiger partial charge in [0.05, 0.1) is 29.7 Å². The molecule has 0 aromatic heterocycles. The van der Waals surface area contributed by atoms with E-state index in [9.17, 15) is 9.59 Å². The van der Waals surface area contributed by atoms with Crippen LogP contribution in [0.5, 0.6) is 11.5 Å². The van der Waals surface area contributed by atoms with Crippen molar-refractivity contribution in [2.75, 3.05) is 14.2 Å². The van der Waals surface area contributed by atoms with Gasteiger partial charge in [0.15, 0.2) is 15.8 Å². The van der Waals surface area contributed by atoms with Crippen LogP contribution in [0.15, 0.2) is 47.4 Å². The van der Waals surface area contributed by atoms with Gasteiger partial charge in [-0.25, -0.2) is 0 Å². The highest BCUT2D eigenvalue weighted by atomic mass is 35.5. The Morgan fingerprint density at radius 2 is 1.89 bits per heavy atom. The van der Waals surface area contributed by atoms with Gasteiger partial charge < -0.3 is 9.47 Å². The smallest absolute Gasteiger partial charge is 0.285 e. The van der Waals surface area contributed by atoms with Gasteiger partial charge in [0, 0.05) is 0 Å². The number of nitrogens with zero attached hydrogens (tertiary/aromatic N) is 1. The van der Waals surface area contributed by atoms with Gasteiger partial charge in [-0.2, -0.15) is 5.01 Å². The Morgan fingerprint density at radius 3 is 2.57 bits per heavy atom. The lowest BCUT2D eigenvalue weighted by atomic mass is 10.2. The molecule has 2 amide bonds. The van der Waals surface area contributed by atoms with Crippen LogP contribution in [0, 0.1) is 0 Å². The number of amides is 2. The van der Waals surface area contributed by atoms with Crippen LogP contribution in [0.4, 0.5) is 0 Å². The Balaban J connectivity index is 1.81. The molecule has 0 atom stereocenters. The van der Waals surface area contributed by atoms with Crippen molar-refractivity contribution in [3.8, 4) is 11.5 Å². The molecule has 1 saturated heterocycles. The lowest BCUT2D eigenvalue weighted by molar-refractivity contribution is -0.123. The molecule has 1 heterocycles. The highest BCUT2D eigenvalue weighted by Gasteiger charge is 2.34. The summed E-state index contributed by atoms with van der Waals surface area (Å²) >= 11 is 12.4. The van der Waals surface area contributed by atoms with Gasteiger partial charge in [0.2, 0.25) is 0 Å². The van der Waals surface area contributed by atoms with Crippen molar-refractivity contribution < 1.29 is 19.1 Å². The summed E-state index contributed by atoms with van der Waals surface area (Å²) in [6.07, 6.45) is 1.67. The fraction of sp³-hybridized carbons (Fsp3) is 0.105. The molecule has 1 aliphatic rings. The van der Waals surface area contributed by atoms with E-state index in [4.69, 9.17) is 33.3 Å². The molecule has 1 N–H and O–H groups in total. The minimum Gasteiger partial charge on any atom is -0.493 e. The number of nitrogens with one attached hydrogen (secondary N) is 1. The first kappa shape index (κ1) is 20.2. The molecule has 6 nitrogen and oxygen atoms in total. The van der Waals surface area contributed by atoms with E-state index in [0.29, 0.717) is 16.4 Å². The molecule has 28 heavy (non-hydrogen) atoms. The molecule has 0 unspecified atom stereocenters. The number of benzene rings is 2. The second kappa shape index (κ2) is 8.64. The van der Waals surface area contributed by atoms with Crippen molar-refractivity contribution in [1.29, 1.82) is 0 Å². The highest BCUT2D eigenvalue weighted by Crippen LogP contribution is 2.34. The van der Waals surface area contributed by atoms with E-state index in [1.807, 2.05) is 0 Å². The fourth-order valence-corrected chi connectivity index (χ4v) is 3.87. The van der Waals surface area contributed by atoms with Crippen molar-refractivity contribution in [2.24, 2.45) is 0 Å². The Kier molecular flexibility index (Phi) is 6.23. The van der Waals surface area contributed by atoms with Crippen LogP contribution in [0.2, 0.25) is 5.02 Å². The first-order valence-corrected chi connectivity index (χ1v) is 9.60. The lowest BCUT2D eigenvalue weighted by Crippen LogP contribution is -2.44. The number of hydrazine groups is 1. The zero-order valence-corrected chi connectivity index (χ0v) is 17.3. The summed E-state index contributed by atoms with van der Waals surface area (Å²) in [5.74, 6) is 0.178. The lowest BCUT2D eigenvalue weighted by Gasteiger charge is -2.16. The van der Waals surface area contributed by atoms with E-state index < -0.39 is 11.8 Å². The van der Waals surface area contributed by atoms with Crippen LogP contribution < -0.4 is 14.9 Å². The van der Waals surface area contributed by atoms with Crippen molar-refractivity contribution in [2.45, 2.75) is 0 Å². The first-order valence-electron chi connectivity index (χ1n) is 8.00. The van der Waals surface area contributed by atoms with E-state index in [-0.39, 0.29) is 14.9 Å². The van der Waals surface area contributed by atoms with E-state index >= 15 is 0 Å². The topological polar surface area (TPSA) is 67.9 Å². The molecular formula is C19H15ClN2O4S2. The molecule has 0 saturated carbocycles. The third-order valence-electron chi connectivity index (χ3n) is 3.83. The van der Waals surface area contributed by atoms with Crippen molar-refractivity contribution in [3.63, 3.8) is 0 Å². The number of carbonyl (C=O) groups excluding carboxylic acids is 2.